The fraction of sp³-hybridized carbons (Fsp3) is 0.500. The third kappa shape index (κ3) is 3.15. The smallest absolute Gasteiger partial charge is 0.257 e. The summed E-state index contributed by atoms with van der Waals surface area (Å²) in [4.78, 5) is 14.1. The van der Waals surface area contributed by atoms with E-state index in [4.69, 9.17) is 5.11 Å². The van der Waals surface area contributed by atoms with Crippen molar-refractivity contribution in [2.24, 2.45) is 0 Å². The first-order valence-corrected chi connectivity index (χ1v) is 7.30. The fourth-order valence-corrected chi connectivity index (χ4v) is 2.96. The lowest BCUT2D eigenvalue weighted by atomic mass is 10.1. The number of nitrogens with zero attached hydrogens (tertiary/aromatic N) is 1. The molecule has 1 aliphatic carbocycles. The Morgan fingerprint density at radius 2 is 2.11 bits per heavy atom. The van der Waals surface area contributed by atoms with Crippen molar-refractivity contribution in [3.8, 4) is 0 Å². The van der Waals surface area contributed by atoms with Crippen molar-refractivity contribution in [3.63, 3.8) is 0 Å². The summed E-state index contributed by atoms with van der Waals surface area (Å²) >= 11 is 3.09. The van der Waals surface area contributed by atoms with Crippen LogP contribution in [0.15, 0.2) is 22.7 Å². The Morgan fingerprint density at radius 1 is 1.42 bits per heavy atom. The molecule has 104 valence electrons. The summed E-state index contributed by atoms with van der Waals surface area (Å²) < 4.78 is 14.3. The van der Waals surface area contributed by atoms with Gasteiger partial charge in [0, 0.05) is 12.6 Å². The number of halogens is 2. The van der Waals surface area contributed by atoms with E-state index in [9.17, 15) is 9.18 Å². The van der Waals surface area contributed by atoms with Crippen molar-refractivity contribution in [3.05, 3.63) is 34.1 Å². The molecule has 0 aliphatic heterocycles. The minimum absolute atomic E-state index is 0.0646. The lowest BCUT2D eigenvalue weighted by Gasteiger charge is -2.28. The molecule has 0 atom stereocenters. The summed E-state index contributed by atoms with van der Waals surface area (Å²) in [6.45, 7) is 0.160. The average molecular weight is 330 g/mol. The molecule has 0 bridgehead atoms. The van der Waals surface area contributed by atoms with Gasteiger partial charge < -0.3 is 10.0 Å². The highest BCUT2D eigenvalue weighted by molar-refractivity contribution is 9.10. The largest absolute Gasteiger partial charge is 0.395 e. The summed E-state index contributed by atoms with van der Waals surface area (Å²) in [7, 11) is 0. The molecule has 5 heteroatoms. The summed E-state index contributed by atoms with van der Waals surface area (Å²) in [5.41, 5.74) is 0.0646. The molecule has 0 unspecified atom stereocenters. The van der Waals surface area contributed by atoms with Crippen LogP contribution in [-0.4, -0.2) is 35.1 Å². The number of aliphatic hydroxyl groups is 1. The number of carbonyl (C=O) groups excluding carboxylic acids is 1. The highest BCUT2D eigenvalue weighted by atomic mass is 79.9. The number of hydrogen-bond donors (Lipinski definition) is 1. The molecular weight excluding hydrogens is 313 g/mol. The summed E-state index contributed by atoms with van der Waals surface area (Å²) in [5, 5.41) is 9.12. The molecule has 1 aromatic rings. The third-order valence-corrected chi connectivity index (χ3v) is 4.16. The van der Waals surface area contributed by atoms with Gasteiger partial charge in [-0.1, -0.05) is 18.9 Å². The van der Waals surface area contributed by atoms with E-state index in [1.165, 1.54) is 6.07 Å². The highest BCUT2D eigenvalue weighted by Crippen LogP contribution is 2.26. The van der Waals surface area contributed by atoms with Gasteiger partial charge in [-0.05, 0) is 40.9 Å². The minimum atomic E-state index is -0.534. The molecule has 1 aliphatic rings. The number of benzene rings is 1. The average Bonchev–Trinajstić information content (AvgIpc) is 2.92. The quantitative estimate of drug-likeness (QED) is 0.922. The van der Waals surface area contributed by atoms with Gasteiger partial charge in [0.05, 0.1) is 16.6 Å². The molecular formula is C14H17BrFNO2. The molecule has 3 nitrogen and oxygen atoms in total. The SMILES string of the molecule is O=C(c1cccc(Br)c1F)N(CCO)C1CCCC1. The van der Waals surface area contributed by atoms with Crippen LogP contribution in [0.2, 0.25) is 0 Å². The monoisotopic (exact) mass is 329 g/mol. The summed E-state index contributed by atoms with van der Waals surface area (Å²) in [5.74, 6) is -0.867. The van der Waals surface area contributed by atoms with Crippen molar-refractivity contribution >= 4 is 21.8 Å². The van der Waals surface area contributed by atoms with Crippen LogP contribution >= 0.6 is 15.9 Å². The normalized spacial score (nSPS) is 15.7. The van der Waals surface area contributed by atoms with Crippen LogP contribution in [0.1, 0.15) is 36.0 Å². The van der Waals surface area contributed by atoms with Crippen LogP contribution in [0, 0.1) is 5.82 Å². The molecule has 0 aromatic heterocycles. The van der Waals surface area contributed by atoms with Gasteiger partial charge in [-0.15, -0.1) is 0 Å². The Hall–Kier alpha value is -0.940. The molecule has 1 amide bonds. The molecule has 1 fully saturated rings. The van der Waals surface area contributed by atoms with Crippen molar-refractivity contribution in [1.82, 2.24) is 4.90 Å². The van der Waals surface area contributed by atoms with Crippen LogP contribution in [0.4, 0.5) is 4.39 Å². The lowest BCUT2D eigenvalue weighted by molar-refractivity contribution is 0.0633. The molecule has 0 radical (unpaired) electrons. The second kappa shape index (κ2) is 6.48. The molecule has 1 aromatic carbocycles. The predicted molar refractivity (Wildman–Crippen MR) is 74.5 cm³/mol. The van der Waals surface area contributed by atoms with Gasteiger partial charge in [-0.2, -0.15) is 0 Å². The maximum atomic E-state index is 14.0. The van der Waals surface area contributed by atoms with Crippen LogP contribution in [0.3, 0.4) is 0 Å². The van der Waals surface area contributed by atoms with E-state index in [-0.39, 0.29) is 35.1 Å². The number of aliphatic hydroxyl groups excluding tert-OH is 1. The predicted octanol–water partition coefficient (Wildman–Crippen LogP) is 2.97. The van der Waals surface area contributed by atoms with Gasteiger partial charge in [0.15, 0.2) is 0 Å². The maximum Gasteiger partial charge on any atom is 0.257 e. The van der Waals surface area contributed by atoms with E-state index in [2.05, 4.69) is 15.9 Å². The Labute approximate surface area is 120 Å². The minimum Gasteiger partial charge on any atom is -0.395 e. The number of rotatable bonds is 4. The fourth-order valence-electron chi connectivity index (χ4n) is 2.60. The van der Waals surface area contributed by atoms with Crippen LogP contribution < -0.4 is 0 Å². The zero-order valence-corrected chi connectivity index (χ0v) is 12.2. The second-order valence-electron chi connectivity index (χ2n) is 4.76. The summed E-state index contributed by atoms with van der Waals surface area (Å²) in [6.07, 6.45) is 4.03. The van der Waals surface area contributed by atoms with E-state index >= 15 is 0 Å². The molecule has 1 N–H and O–H groups in total. The van der Waals surface area contributed by atoms with Gasteiger partial charge in [-0.3, -0.25) is 4.79 Å². The van der Waals surface area contributed by atoms with Crippen LogP contribution in [0.5, 0.6) is 0 Å². The first kappa shape index (κ1) is 14.5. The van der Waals surface area contributed by atoms with E-state index in [0.717, 1.165) is 25.7 Å². The molecule has 2 rings (SSSR count). The van der Waals surface area contributed by atoms with Gasteiger partial charge in [0.2, 0.25) is 0 Å². The Morgan fingerprint density at radius 3 is 2.74 bits per heavy atom. The lowest BCUT2D eigenvalue weighted by Crippen LogP contribution is -2.41. The first-order chi connectivity index (χ1) is 9.15. The topological polar surface area (TPSA) is 40.5 Å². The molecule has 19 heavy (non-hydrogen) atoms. The Balaban J connectivity index is 2.25. The Kier molecular flexibility index (Phi) is 4.93. The van der Waals surface area contributed by atoms with Gasteiger partial charge in [0.1, 0.15) is 5.82 Å². The third-order valence-electron chi connectivity index (χ3n) is 3.55. The molecule has 0 spiro atoms. The van der Waals surface area contributed by atoms with E-state index in [0.29, 0.717) is 0 Å². The van der Waals surface area contributed by atoms with Crippen LogP contribution in [0.25, 0.3) is 0 Å². The van der Waals surface area contributed by atoms with Crippen LogP contribution in [-0.2, 0) is 0 Å². The Bertz CT molecular complexity index is 461. The molecule has 0 saturated heterocycles. The van der Waals surface area contributed by atoms with Crippen molar-refractivity contribution < 1.29 is 14.3 Å². The number of carbonyl (C=O) groups is 1. The molecule has 1 saturated carbocycles. The van der Waals surface area contributed by atoms with Crippen molar-refractivity contribution in [2.45, 2.75) is 31.7 Å². The van der Waals surface area contributed by atoms with Gasteiger partial charge >= 0.3 is 0 Å². The maximum absolute atomic E-state index is 14.0. The summed E-state index contributed by atoms with van der Waals surface area (Å²) in [6, 6.07) is 4.82. The highest BCUT2D eigenvalue weighted by Gasteiger charge is 2.28. The number of hydrogen-bond acceptors (Lipinski definition) is 2. The van der Waals surface area contributed by atoms with E-state index in [1.807, 2.05) is 0 Å². The second-order valence-corrected chi connectivity index (χ2v) is 5.62. The van der Waals surface area contributed by atoms with Crippen molar-refractivity contribution in [2.75, 3.05) is 13.2 Å². The van der Waals surface area contributed by atoms with E-state index < -0.39 is 5.82 Å². The standard InChI is InChI=1S/C14H17BrFNO2/c15-12-7-3-6-11(13(12)16)14(19)17(8-9-18)10-4-1-2-5-10/h3,6-7,10,18H,1-2,4-5,8-9H2. The van der Waals surface area contributed by atoms with Crippen molar-refractivity contribution in [1.29, 1.82) is 0 Å². The van der Waals surface area contributed by atoms with Gasteiger partial charge in [0.25, 0.3) is 5.91 Å². The van der Waals surface area contributed by atoms with E-state index in [1.54, 1.807) is 17.0 Å². The first-order valence-electron chi connectivity index (χ1n) is 6.51. The van der Waals surface area contributed by atoms with Gasteiger partial charge in [-0.25, -0.2) is 4.39 Å². The zero-order chi connectivity index (χ0) is 13.8. The molecule has 0 heterocycles. The zero-order valence-electron chi connectivity index (χ0n) is 10.6. The number of amides is 1.